The first-order valence-corrected chi connectivity index (χ1v) is 13.2. The van der Waals surface area contributed by atoms with Gasteiger partial charge in [-0.25, -0.2) is 12.7 Å². The van der Waals surface area contributed by atoms with E-state index in [1.54, 1.807) is 43.3 Å². The van der Waals surface area contributed by atoms with Gasteiger partial charge in [0.25, 0.3) is 15.9 Å². The fourth-order valence-electron chi connectivity index (χ4n) is 3.98. The molecule has 8 nitrogen and oxygen atoms in total. The Balaban J connectivity index is 1.86. The van der Waals surface area contributed by atoms with Gasteiger partial charge in [0.1, 0.15) is 10.9 Å². The molecular formula is C25H30ClN3O5S. The summed E-state index contributed by atoms with van der Waals surface area (Å²) in [5, 5.41) is 3.36. The summed E-state index contributed by atoms with van der Waals surface area (Å²) in [4.78, 5) is 40.6. The number of nitrogens with one attached hydrogen (secondary N) is 1. The smallest absolute Gasteiger partial charge is 0.269 e. The molecule has 3 rings (SSSR count). The quantitative estimate of drug-likeness (QED) is 0.574. The molecule has 1 aliphatic heterocycles. The minimum absolute atomic E-state index is 0.0650. The summed E-state index contributed by atoms with van der Waals surface area (Å²) < 4.78 is 26.5. The molecule has 0 unspecified atom stereocenters. The Morgan fingerprint density at radius 3 is 2.31 bits per heavy atom. The van der Waals surface area contributed by atoms with E-state index in [2.05, 4.69) is 5.32 Å². The molecule has 188 valence electrons. The Kier molecular flexibility index (Phi) is 7.91. The van der Waals surface area contributed by atoms with Crippen LogP contribution >= 0.6 is 11.6 Å². The number of carbonyl (C=O) groups is 3. The van der Waals surface area contributed by atoms with Gasteiger partial charge in [-0.1, -0.05) is 48.9 Å². The summed E-state index contributed by atoms with van der Waals surface area (Å²) in [6.07, 6.45) is 0.0627. The van der Waals surface area contributed by atoms with Crippen molar-refractivity contribution in [1.82, 2.24) is 14.5 Å². The fourth-order valence-corrected chi connectivity index (χ4v) is 5.74. The molecule has 1 N–H and O–H groups in total. The lowest BCUT2D eigenvalue weighted by Crippen LogP contribution is -2.53. The number of carbonyl (C=O) groups excluding carboxylic acids is 3. The number of fused-ring (bicyclic) bond motifs is 1. The Bertz CT molecular complexity index is 1240. The van der Waals surface area contributed by atoms with Crippen molar-refractivity contribution < 1.29 is 22.8 Å². The maximum atomic E-state index is 13.4. The number of benzene rings is 2. The number of sulfonamides is 1. The number of nitrogens with zero attached hydrogens (tertiary/aromatic N) is 2. The lowest BCUT2D eigenvalue weighted by atomic mass is 10.1. The van der Waals surface area contributed by atoms with E-state index in [9.17, 15) is 22.8 Å². The van der Waals surface area contributed by atoms with Gasteiger partial charge in [0.15, 0.2) is 0 Å². The number of hydrogen-bond acceptors (Lipinski definition) is 5. The Labute approximate surface area is 211 Å². The SMILES string of the molecule is CC[C@H](C(=O)NC(C)(C)C)N(Cc1ccccc1Cl)C(=O)CCN1C(=O)c2ccccc2S1(=O)=O. The minimum Gasteiger partial charge on any atom is -0.350 e. The molecule has 35 heavy (non-hydrogen) atoms. The van der Waals surface area contributed by atoms with Gasteiger partial charge in [-0.3, -0.25) is 14.4 Å². The first-order valence-electron chi connectivity index (χ1n) is 11.4. The molecule has 0 aliphatic carbocycles. The van der Waals surface area contributed by atoms with Crippen molar-refractivity contribution in [3.63, 3.8) is 0 Å². The Hall–Kier alpha value is -2.91. The molecular weight excluding hydrogens is 490 g/mol. The van der Waals surface area contributed by atoms with Crippen LogP contribution in [0.2, 0.25) is 5.02 Å². The zero-order chi connectivity index (χ0) is 26.0. The van der Waals surface area contributed by atoms with Crippen LogP contribution < -0.4 is 5.32 Å². The van der Waals surface area contributed by atoms with E-state index in [-0.39, 0.29) is 35.9 Å². The van der Waals surface area contributed by atoms with E-state index >= 15 is 0 Å². The van der Waals surface area contributed by atoms with Crippen LogP contribution in [0.3, 0.4) is 0 Å². The third kappa shape index (κ3) is 5.85. The van der Waals surface area contributed by atoms with Crippen molar-refractivity contribution in [3.8, 4) is 0 Å². The highest BCUT2D eigenvalue weighted by molar-refractivity contribution is 7.90. The van der Waals surface area contributed by atoms with Gasteiger partial charge in [0, 0.05) is 30.1 Å². The zero-order valence-corrected chi connectivity index (χ0v) is 21.8. The first-order chi connectivity index (χ1) is 16.4. The average molecular weight is 520 g/mol. The van der Waals surface area contributed by atoms with Crippen molar-refractivity contribution in [3.05, 3.63) is 64.7 Å². The Morgan fingerprint density at radius 2 is 1.71 bits per heavy atom. The maximum absolute atomic E-state index is 13.4. The van der Waals surface area contributed by atoms with E-state index in [0.717, 1.165) is 4.31 Å². The molecule has 0 saturated carbocycles. The molecule has 0 aromatic heterocycles. The van der Waals surface area contributed by atoms with Crippen LogP contribution in [0.25, 0.3) is 0 Å². The predicted molar refractivity (Wildman–Crippen MR) is 133 cm³/mol. The molecule has 0 bridgehead atoms. The predicted octanol–water partition coefficient (Wildman–Crippen LogP) is 3.60. The molecule has 1 heterocycles. The summed E-state index contributed by atoms with van der Waals surface area (Å²) >= 11 is 6.32. The second-order valence-electron chi connectivity index (χ2n) is 9.40. The Morgan fingerprint density at radius 1 is 1.09 bits per heavy atom. The molecule has 0 fully saturated rings. The second kappa shape index (κ2) is 10.4. The number of amides is 3. The molecule has 0 spiro atoms. The third-order valence-corrected chi connectivity index (χ3v) is 7.83. The van der Waals surface area contributed by atoms with Crippen molar-refractivity contribution in [2.45, 2.75) is 63.6 Å². The third-order valence-electron chi connectivity index (χ3n) is 5.62. The highest BCUT2D eigenvalue weighted by Crippen LogP contribution is 2.30. The molecule has 2 aromatic rings. The van der Waals surface area contributed by atoms with Gasteiger partial charge in [0.2, 0.25) is 11.8 Å². The monoisotopic (exact) mass is 519 g/mol. The van der Waals surface area contributed by atoms with Gasteiger partial charge in [-0.15, -0.1) is 0 Å². The number of hydrogen-bond donors (Lipinski definition) is 1. The number of rotatable bonds is 8. The van der Waals surface area contributed by atoms with E-state index in [4.69, 9.17) is 11.6 Å². The lowest BCUT2D eigenvalue weighted by Gasteiger charge is -2.33. The van der Waals surface area contributed by atoms with Crippen molar-refractivity contribution in [2.75, 3.05) is 6.54 Å². The largest absolute Gasteiger partial charge is 0.350 e. The van der Waals surface area contributed by atoms with E-state index in [1.165, 1.54) is 17.0 Å². The summed E-state index contributed by atoms with van der Waals surface area (Å²) in [5.74, 6) is -1.44. The summed E-state index contributed by atoms with van der Waals surface area (Å²) in [6, 6.07) is 12.2. The maximum Gasteiger partial charge on any atom is 0.269 e. The molecule has 0 saturated heterocycles. The fraction of sp³-hybridized carbons (Fsp3) is 0.400. The van der Waals surface area contributed by atoms with Crippen LogP contribution in [0, 0.1) is 0 Å². The van der Waals surface area contributed by atoms with Gasteiger partial charge >= 0.3 is 0 Å². The highest BCUT2D eigenvalue weighted by Gasteiger charge is 2.41. The van der Waals surface area contributed by atoms with E-state index < -0.39 is 33.4 Å². The minimum atomic E-state index is -4.04. The van der Waals surface area contributed by atoms with Crippen LogP contribution in [0.4, 0.5) is 0 Å². The molecule has 1 aliphatic rings. The zero-order valence-electron chi connectivity index (χ0n) is 20.2. The van der Waals surface area contributed by atoms with Crippen LogP contribution in [0.1, 0.15) is 56.5 Å². The van der Waals surface area contributed by atoms with Crippen molar-refractivity contribution >= 4 is 39.3 Å². The highest BCUT2D eigenvalue weighted by atomic mass is 35.5. The van der Waals surface area contributed by atoms with Gasteiger partial charge in [0.05, 0.1) is 5.56 Å². The normalized spacial score (nSPS) is 15.5. The topological polar surface area (TPSA) is 104 Å². The molecule has 3 amide bonds. The summed E-state index contributed by atoms with van der Waals surface area (Å²) in [5.41, 5.74) is 0.233. The van der Waals surface area contributed by atoms with E-state index in [1.807, 2.05) is 20.8 Å². The van der Waals surface area contributed by atoms with Crippen LogP contribution in [-0.2, 0) is 26.2 Å². The molecule has 1 atom stereocenters. The number of halogens is 1. The summed E-state index contributed by atoms with van der Waals surface area (Å²) in [7, 11) is -4.04. The van der Waals surface area contributed by atoms with Gasteiger partial charge in [-0.2, -0.15) is 0 Å². The van der Waals surface area contributed by atoms with Crippen molar-refractivity contribution in [1.29, 1.82) is 0 Å². The van der Waals surface area contributed by atoms with Crippen molar-refractivity contribution in [2.24, 2.45) is 0 Å². The summed E-state index contributed by atoms with van der Waals surface area (Å²) in [6.45, 7) is 7.07. The lowest BCUT2D eigenvalue weighted by molar-refractivity contribution is -0.142. The van der Waals surface area contributed by atoms with Crippen LogP contribution in [0.15, 0.2) is 53.4 Å². The second-order valence-corrected chi connectivity index (χ2v) is 11.6. The first kappa shape index (κ1) is 26.7. The molecule has 0 radical (unpaired) electrons. The van der Waals surface area contributed by atoms with Crippen LogP contribution in [0.5, 0.6) is 0 Å². The molecule has 2 aromatic carbocycles. The van der Waals surface area contributed by atoms with E-state index in [0.29, 0.717) is 17.0 Å². The van der Waals surface area contributed by atoms with Gasteiger partial charge in [-0.05, 0) is 51.0 Å². The molecule has 10 heteroatoms. The van der Waals surface area contributed by atoms with Crippen LogP contribution in [-0.4, -0.2) is 53.5 Å². The standard InChI is InChI=1S/C25H30ClN3O5S/c1-5-20(23(31)27-25(2,3)4)28(16-17-10-6-8-12-19(17)26)22(30)14-15-29-24(32)18-11-7-9-13-21(18)35(29,33)34/h6-13,20H,5,14-16H2,1-4H3,(H,27,31)/t20-/m1/s1. The average Bonchev–Trinajstić information content (AvgIpc) is 2.97. The van der Waals surface area contributed by atoms with Gasteiger partial charge < -0.3 is 10.2 Å².